The zero-order valence-corrected chi connectivity index (χ0v) is 8.51. The largest absolute Gasteiger partial charge is 0.368 e. The minimum absolute atomic E-state index is 0.212. The Bertz CT molecular complexity index is 398. The van der Waals surface area contributed by atoms with E-state index < -0.39 is 27.5 Å². The third-order valence-corrected chi connectivity index (χ3v) is 2.94. The van der Waals surface area contributed by atoms with E-state index in [4.69, 9.17) is 14.9 Å². The zero-order chi connectivity index (χ0) is 11.6. The molecule has 15 heavy (non-hydrogen) atoms. The lowest BCUT2D eigenvalue weighted by Gasteiger charge is -2.20. The van der Waals surface area contributed by atoms with Crippen LogP contribution in [-0.4, -0.2) is 46.9 Å². The molecular weight excluding hydrogens is 224 g/mol. The molecule has 1 saturated heterocycles. The molecule has 2 atom stereocenters. The second kappa shape index (κ2) is 4.14. The molecule has 0 radical (unpaired) electrons. The Kier molecular flexibility index (Phi) is 3.28. The average molecular weight is 234 g/mol. The maximum atomic E-state index is 11.3. The topological polar surface area (TPSA) is 119 Å². The van der Waals surface area contributed by atoms with Crippen LogP contribution in [0, 0.1) is 11.3 Å². The Morgan fingerprint density at radius 1 is 1.60 bits per heavy atom. The highest BCUT2D eigenvalue weighted by Crippen LogP contribution is 2.18. The summed E-state index contributed by atoms with van der Waals surface area (Å²) in [4.78, 5) is 12.3. The van der Waals surface area contributed by atoms with Crippen LogP contribution in [0.4, 0.5) is 0 Å². The number of hydrogen-bond donors (Lipinski definition) is 2. The molecule has 0 aromatic carbocycles. The molecular formula is C7H10N2O5S. The smallest absolute Gasteiger partial charge is 0.301 e. The van der Waals surface area contributed by atoms with Crippen molar-refractivity contribution in [3.05, 3.63) is 0 Å². The summed E-state index contributed by atoms with van der Waals surface area (Å²) in [5, 5.41) is 17.6. The van der Waals surface area contributed by atoms with Crippen molar-refractivity contribution in [3.8, 4) is 6.07 Å². The van der Waals surface area contributed by atoms with Gasteiger partial charge >= 0.3 is 10.1 Å². The number of rotatable bonds is 2. The van der Waals surface area contributed by atoms with Gasteiger partial charge in [0.2, 0.25) is 0 Å². The number of hydrogen-bond acceptors (Lipinski definition) is 5. The number of carbonyl (C=O) groups is 1. The van der Waals surface area contributed by atoms with Crippen molar-refractivity contribution < 1.29 is 22.9 Å². The Balaban J connectivity index is 2.82. The molecule has 1 fully saturated rings. The van der Waals surface area contributed by atoms with Gasteiger partial charge in [0, 0.05) is 6.54 Å². The molecule has 2 N–H and O–H groups in total. The fourth-order valence-corrected chi connectivity index (χ4v) is 1.82. The Morgan fingerprint density at radius 3 is 2.67 bits per heavy atom. The predicted molar refractivity (Wildman–Crippen MR) is 47.9 cm³/mol. The van der Waals surface area contributed by atoms with E-state index in [1.165, 1.54) is 0 Å². The molecule has 8 heteroatoms. The van der Waals surface area contributed by atoms with Gasteiger partial charge in [-0.25, -0.2) is 0 Å². The lowest BCUT2D eigenvalue weighted by atomic mass is 10.2. The lowest BCUT2D eigenvalue weighted by Crippen LogP contribution is -2.44. The normalized spacial score (nSPS) is 23.5. The van der Waals surface area contributed by atoms with Gasteiger partial charge in [0.15, 0.2) is 0 Å². The first-order chi connectivity index (χ1) is 6.88. The first kappa shape index (κ1) is 11.9. The van der Waals surface area contributed by atoms with Crippen LogP contribution in [0.2, 0.25) is 0 Å². The SMILES string of the molecule is N#C[C@@H]1CCCN1C(=O)C(O)S(=O)(=O)O. The molecule has 0 bridgehead atoms. The van der Waals surface area contributed by atoms with Gasteiger partial charge in [-0.05, 0) is 12.8 Å². The summed E-state index contributed by atoms with van der Waals surface area (Å²) in [5.74, 6) is -1.15. The molecule has 0 saturated carbocycles. The van der Waals surface area contributed by atoms with E-state index in [-0.39, 0.29) is 6.54 Å². The van der Waals surface area contributed by atoms with E-state index in [1.54, 1.807) is 0 Å². The quantitative estimate of drug-likeness (QED) is 0.573. The van der Waals surface area contributed by atoms with Crippen molar-refractivity contribution >= 4 is 16.0 Å². The summed E-state index contributed by atoms with van der Waals surface area (Å²) in [6.07, 6.45) is 1.02. The van der Waals surface area contributed by atoms with Crippen LogP contribution in [-0.2, 0) is 14.9 Å². The molecule has 1 unspecified atom stereocenters. The monoisotopic (exact) mass is 234 g/mol. The minimum atomic E-state index is -4.82. The number of amides is 1. The highest BCUT2D eigenvalue weighted by Gasteiger charge is 2.37. The molecule has 0 aromatic heterocycles. The van der Waals surface area contributed by atoms with Crippen LogP contribution >= 0.6 is 0 Å². The van der Waals surface area contributed by atoms with Gasteiger partial charge in [-0.15, -0.1) is 0 Å². The second-order valence-electron chi connectivity index (χ2n) is 3.19. The minimum Gasteiger partial charge on any atom is -0.368 e. The van der Waals surface area contributed by atoms with Gasteiger partial charge in [0.25, 0.3) is 11.3 Å². The zero-order valence-electron chi connectivity index (χ0n) is 7.70. The first-order valence-electron chi connectivity index (χ1n) is 4.22. The first-order valence-corrected chi connectivity index (χ1v) is 5.72. The number of nitriles is 1. The third kappa shape index (κ3) is 2.44. The van der Waals surface area contributed by atoms with Crippen LogP contribution in [0.3, 0.4) is 0 Å². The maximum Gasteiger partial charge on any atom is 0.301 e. The van der Waals surface area contributed by atoms with Crippen LogP contribution in [0.5, 0.6) is 0 Å². The van der Waals surface area contributed by atoms with E-state index in [2.05, 4.69) is 0 Å². The molecule has 7 nitrogen and oxygen atoms in total. The van der Waals surface area contributed by atoms with E-state index >= 15 is 0 Å². The van der Waals surface area contributed by atoms with Crippen molar-refractivity contribution in [2.45, 2.75) is 24.3 Å². The summed E-state index contributed by atoms with van der Waals surface area (Å²) < 4.78 is 29.5. The fourth-order valence-electron chi connectivity index (χ4n) is 1.43. The van der Waals surface area contributed by atoms with Gasteiger partial charge in [0.1, 0.15) is 6.04 Å². The van der Waals surface area contributed by atoms with Gasteiger partial charge in [-0.1, -0.05) is 0 Å². The molecule has 1 aliphatic rings. The number of likely N-dealkylation sites (tertiary alicyclic amines) is 1. The molecule has 1 amide bonds. The highest BCUT2D eigenvalue weighted by molar-refractivity contribution is 7.87. The maximum absolute atomic E-state index is 11.3. The van der Waals surface area contributed by atoms with Gasteiger partial charge < -0.3 is 10.0 Å². The molecule has 0 spiro atoms. The molecule has 0 aromatic rings. The Labute approximate surface area is 86.7 Å². The van der Waals surface area contributed by atoms with Crippen molar-refractivity contribution in [1.82, 2.24) is 4.90 Å². The number of carbonyl (C=O) groups excluding carboxylic acids is 1. The number of aliphatic hydroxyl groups is 1. The summed E-state index contributed by atoms with van der Waals surface area (Å²) in [6, 6.07) is 1.09. The molecule has 1 rings (SSSR count). The number of nitrogens with zero attached hydrogens (tertiary/aromatic N) is 2. The van der Waals surface area contributed by atoms with Crippen molar-refractivity contribution in [1.29, 1.82) is 5.26 Å². The number of aliphatic hydroxyl groups excluding tert-OH is 1. The van der Waals surface area contributed by atoms with Gasteiger partial charge in [-0.2, -0.15) is 13.7 Å². The lowest BCUT2D eigenvalue weighted by molar-refractivity contribution is -0.136. The standard InChI is InChI=1S/C7H10N2O5S/c8-4-5-2-1-3-9(5)6(10)7(11)15(12,13)14/h5,7,11H,1-3H2,(H,12,13,14)/t5-,7?/m0/s1. The van der Waals surface area contributed by atoms with E-state index in [0.29, 0.717) is 12.8 Å². The van der Waals surface area contributed by atoms with Crippen molar-refractivity contribution in [3.63, 3.8) is 0 Å². The van der Waals surface area contributed by atoms with Crippen molar-refractivity contribution in [2.75, 3.05) is 6.54 Å². The molecule has 84 valence electrons. The van der Waals surface area contributed by atoms with Crippen molar-refractivity contribution in [2.24, 2.45) is 0 Å². The van der Waals surface area contributed by atoms with E-state index in [0.717, 1.165) is 4.90 Å². The Hall–Kier alpha value is -1.17. The average Bonchev–Trinajstić information content (AvgIpc) is 2.61. The third-order valence-electron chi connectivity index (χ3n) is 2.18. The van der Waals surface area contributed by atoms with Crippen LogP contribution in [0.15, 0.2) is 0 Å². The molecule has 1 aliphatic heterocycles. The second-order valence-corrected chi connectivity index (χ2v) is 4.66. The molecule has 0 aliphatic carbocycles. The highest BCUT2D eigenvalue weighted by atomic mass is 32.2. The van der Waals surface area contributed by atoms with Crippen LogP contribution in [0.1, 0.15) is 12.8 Å². The van der Waals surface area contributed by atoms with E-state index in [9.17, 15) is 13.2 Å². The van der Waals surface area contributed by atoms with Gasteiger partial charge in [0.05, 0.1) is 6.07 Å². The van der Waals surface area contributed by atoms with Gasteiger partial charge in [-0.3, -0.25) is 9.35 Å². The van der Waals surface area contributed by atoms with Crippen LogP contribution < -0.4 is 0 Å². The summed E-state index contributed by atoms with van der Waals surface area (Å²) in [6.45, 7) is 0.212. The molecule has 1 heterocycles. The predicted octanol–water partition coefficient (Wildman–Crippen LogP) is -1.29. The Morgan fingerprint density at radius 2 is 2.20 bits per heavy atom. The summed E-state index contributed by atoms with van der Waals surface area (Å²) >= 11 is 0. The summed E-state index contributed by atoms with van der Waals surface area (Å²) in [5.41, 5.74) is -2.49. The fraction of sp³-hybridized carbons (Fsp3) is 0.714. The summed E-state index contributed by atoms with van der Waals surface area (Å²) in [7, 11) is -4.82. The van der Waals surface area contributed by atoms with E-state index in [1.807, 2.05) is 6.07 Å². The van der Waals surface area contributed by atoms with Crippen LogP contribution in [0.25, 0.3) is 0 Å².